The molecular formula is C24H21N5O3. The molecule has 0 bridgehead atoms. The zero-order valence-electron chi connectivity index (χ0n) is 17.7. The number of hydrogen-bond acceptors (Lipinski definition) is 6. The lowest BCUT2D eigenvalue weighted by molar-refractivity contribution is 0.0946. The van der Waals surface area contributed by atoms with Gasteiger partial charge < -0.3 is 14.8 Å². The molecule has 1 N–H and O–H groups in total. The van der Waals surface area contributed by atoms with E-state index < -0.39 is 0 Å². The first-order valence-electron chi connectivity index (χ1n) is 10.2. The molecule has 2 aromatic heterocycles. The van der Waals surface area contributed by atoms with Crippen LogP contribution in [0.2, 0.25) is 0 Å². The van der Waals surface area contributed by atoms with Crippen molar-refractivity contribution in [3.8, 4) is 28.4 Å². The lowest BCUT2D eigenvalue weighted by atomic mass is 10.1. The molecule has 8 nitrogen and oxygen atoms in total. The largest absolute Gasteiger partial charge is 0.454 e. The molecule has 0 fully saturated rings. The van der Waals surface area contributed by atoms with E-state index in [0.717, 1.165) is 22.4 Å². The van der Waals surface area contributed by atoms with E-state index in [1.54, 1.807) is 17.1 Å². The summed E-state index contributed by atoms with van der Waals surface area (Å²) in [6, 6.07) is 15.3. The normalized spacial score (nSPS) is 12.1. The van der Waals surface area contributed by atoms with Crippen LogP contribution in [0.4, 0.5) is 0 Å². The summed E-state index contributed by atoms with van der Waals surface area (Å²) in [5.41, 5.74) is 5.70. The highest BCUT2D eigenvalue weighted by atomic mass is 16.7. The lowest BCUT2D eigenvalue weighted by Gasteiger charge is -2.10. The van der Waals surface area contributed by atoms with E-state index >= 15 is 0 Å². The highest BCUT2D eigenvalue weighted by molar-refractivity contribution is 5.98. The third-order valence-corrected chi connectivity index (χ3v) is 5.46. The molecule has 0 radical (unpaired) electrons. The second-order valence-corrected chi connectivity index (χ2v) is 7.57. The van der Waals surface area contributed by atoms with E-state index in [4.69, 9.17) is 9.47 Å². The Morgan fingerprint density at radius 3 is 2.62 bits per heavy atom. The fourth-order valence-corrected chi connectivity index (χ4v) is 3.56. The van der Waals surface area contributed by atoms with Crippen LogP contribution in [-0.2, 0) is 6.54 Å². The van der Waals surface area contributed by atoms with Gasteiger partial charge in [0, 0.05) is 24.5 Å². The first-order chi connectivity index (χ1) is 15.6. The van der Waals surface area contributed by atoms with Crippen molar-refractivity contribution >= 4 is 5.91 Å². The molecule has 160 valence electrons. The number of carbonyl (C=O) groups excluding carboxylic acids is 1. The summed E-state index contributed by atoms with van der Waals surface area (Å²) < 4.78 is 12.4. The monoisotopic (exact) mass is 427 g/mol. The van der Waals surface area contributed by atoms with Crippen LogP contribution in [0.3, 0.4) is 0 Å². The predicted molar refractivity (Wildman–Crippen MR) is 118 cm³/mol. The summed E-state index contributed by atoms with van der Waals surface area (Å²) in [7, 11) is 0. The number of amides is 1. The smallest absolute Gasteiger partial charge is 0.274 e. The molecule has 4 aromatic rings. The van der Waals surface area contributed by atoms with Gasteiger partial charge in [0.1, 0.15) is 5.69 Å². The third kappa shape index (κ3) is 3.66. The number of carbonyl (C=O) groups is 1. The molecule has 1 aliphatic heterocycles. The molecule has 0 spiro atoms. The summed E-state index contributed by atoms with van der Waals surface area (Å²) in [6.07, 6.45) is 3.36. The van der Waals surface area contributed by atoms with Gasteiger partial charge in [-0.05, 0) is 66.9 Å². The van der Waals surface area contributed by atoms with E-state index in [-0.39, 0.29) is 18.4 Å². The molecule has 3 heterocycles. The Balaban J connectivity index is 1.47. The van der Waals surface area contributed by atoms with E-state index in [0.29, 0.717) is 23.7 Å². The van der Waals surface area contributed by atoms with Gasteiger partial charge in [0.15, 0.2) is 17.2 Å². The fourth-order valence-electron chi connectivity index (χ4n) is 3.56. The number of nitrogens with zero attached hydrogens (tertiary/aromatic N) is 4. The minimum atomic E-state index is -0.315. The number of aromatic nitrogens is 4. The molecule has 32 heavy (non-hydrogen) atoms. The summed E-state index contributed by atoms with van der Waals surface area (Å²) in [4.78, 5) is 17.2. The van der Waals surface area contributed by atoms with Crippen LogP contribution in [0.15, 0.2) is 60.9 Å². The Hall–Kier alpha value is -4.20. The van der Waals surface area contributed by atoms with Gasteiger partial charge in [-0.2, -0.15) is 0 Å². The highest BCUT2D eigenvalue weighted by Crippen LogP contribution is 2.32. The summed E-state index contributed by atoms with van der Waals surface area (Å²) in [5.74, 6) is 1.07. The van der Waals surface area contributed by atoms with E-state index in [9.17, 15) is 4.79 Å². The van der Waals surface area contributed by atoms with Gasteiger partial charge in [-0.25, -0.2) is 4.68 Å². The molecule has 0 aliphatic carbocycles. The van der Waals surface area contributed by atoms with Crippen LogP contribution in [0, 0.1) is 13.8 Å². The standard InChI is InChI=1S/C24H21N5O3/c1-15-3-5-19(11-16(15)2)29-23(18-7-9-25-10-8-18)22(27-28-29)24(30)26-13-17-4-6-20-21(12-17)32-14-31-20/h3-12H,13-14H2,1-2H3,(H,26,30). The quantitative estimate of drug-likeness (QED) is 0.523. The van der Waals surface area contributed by atoms with Crippen LogP contribution >= 0.6 is 0 Å². The minimum Gasteiger partial charge on any atom is -0.454 e. The number of benzene rings is 2. The van der Waals surface area contributed by atoms with Crippen molar-refractivity contribution in [1.82, 2.24) is 25.3 Å². The van der Waals surface area contributed by atoms with E-state index in [2.05, 4.69) is 27.5 Å². The summed E-state index contributed by atoms with van der Waals surface area (Å²) >= 11 is 0. The SMILES string of the molecule is Cc1ccc(-n2nnc(C(=O)NCc3ccc4c(c3)OCO4)c2-c2ccncc2)cc1C. The first-order valence-corrected chi connectivity index (χ1v) is 10.2. The van der Waals surface area contributed by atoms with Crippen LogP contribution in [0.25, 0.3) is 16.9 Å². The molecule has 0 atom stereocenters. The van der Waals surface area contributed by atoms with Crippen LogP contribution in [0.5, 0.6) is 11.5 Å². The van der Waals surface area contributed by atoms with Crippen molar-refractivity contribution in [2.45, 2.75) is 20.4 Å². The highest BCUT2D eigenvalue weighted by Gasteiger charge is 2.22. The average Bonchev–Trinajstić information content (AvgIpc) is 3.47. The van der Waals surface area contributed by atoms with Gasteiger partial charge in [-0.3, -0.25) is 9.78 Å². The molecule has 2 aromatic carbocycles. The molecule has 5 rings (SSSR count). The summed E-state index contributed by atoms with van der Waals surface area (Å²) in [5, 5.41) is 11.5. The average molecular weight is 427 g/mol. The van der Waals surface area contributed by atoms with Crippen molar-refractivity contribution in [3.05, 3.63) is 83.3 Å². The second kappa shape index (κ2) is 8.14. The maximum atomic E-state index is 13.1. The van der Waals surface area contributed by atoms with Gasteiger partial charge in [-0.15, -0.1) is 5.10 Å². The van der Waals surface area contributed by atoms with Gasteiger partial charge in [-0.1, -0.05) is 17.3 Å². The molecule has 0 unspecified atom stereocenters. The molecule has 1 amide bonds. The van der Waals surface area contributed by atoms with Crippen molar-refractivity contribution in [3.63, 3.8) is 0 Å². The second-order valence-electron chi connectivity index (χ2n) is 7.57. The van der Waals surface area contributed by atoms with E-state index in [1.807, 2.05) is 55.5 Å². The fraction of sp³-hybridized carbons (Fsp3) is 0.167. The Morgan fingerprint density at radius 1 is 1.00 bits per heavy atom. The zero-order chi connectivity index (χ0) is 22.1. The number of pyridine rings is 1. The Bertz CT molecular complexity index is 1300. The van der Waals surface area contributed by atoms with Crippen LogP contribution in [0.1, 0.15) is 27.2 Å². The third-order valence-electron chi connectivity index (χ3n) is 5.46. The number of ether oxygens (including phenoxy) is 2. The van der Waals surface area contributed by atoms with Gasteiger partial charge >= 0.3 is 0 Å². The number of nitrogens with one attached hydrogen (secondary N) is 1. The van der Waals surface area contributed by atoms with Crippen LogP contribution in [-0.4, -0.2) is 32.7 Å². The molecule has 0 saturated carbocycles. The molecule has 1 aliphatic rings. The summed E-state index contributed by atoms with van der Waals surface area (Å²) in [6.45, 7) is 4.63. The first kappa shape index (κ1) is 19.7. The maximum Gasteiger partial charge on any atom is 0.274 e. The number of aryl methyl sites for hydroxylation is 2. The molecule has 8 heteroatoms. The van der Waals surface area contributed by atoms with Gasteiger partial charge in [0.2, 0.25) is 6.79 Å². The maximum absolute atomic E-state index is 13.1. The Labute approximate surface area is 184 Å². The Kier molecular flexibility index (Phi) is 5.03. The van der Waals surface area contributed by atoms with Crippen molar-refractivity contribution < 1.29 is 14.3 Å². The molecular weight excluding hydrogens is 406 g/mol. The minimum absolute atomic E-state index is 0.210. The number of fused-ring (bicyclic) bond motifs is 1. The predicted octanol–water partition coefficient (Wildman–Crippen LogP) is 3.60. The molecule has 0 saturated heterocycles. The zero-order valence-corrected chi connectivity index (χ0v) is 17.7. The van der Waals surface area contributed by atoms with Crippen molar-refractivity contribution in [2.75, 3.05) is 6.79 Å². The lowest BCUT2D eigenvalue weighted by Crippen LogP contribution is -2.24. The number of rotatable bonds is 5. The van der Waals surface area contributed by atoms with E-state index in [1.165, 1.54) is 5.56 Å². The van der Waals surface area contributed by atoms with Crippen molar-refractivity contribution in [1.29, 1.82) is 0 Å². The van der Waals surface area contributed by atoms with Crippen LogP contribution < -0.4 is 14.8 Å². The Morgan fingerprint density at radius 2 is 1.81 bits per heavy atom. The number of hydrogen-bond donors (Lipinski definition) is 1. The van der Waals surface area contributed by atoms with Gasteiger partial charge in [0.25, 0.3) is 5.91 Å². The topological polar surface area (TPSA) is 91.2 Å². The van der Waals surface area contributed by atoms with Gasteiger partial charge in [0.05, 0.1) is 5.69 Å². The van der Waals surface area contributed by atoms with Crippen molar-refractivity contribution in [2.24, 2.45) is 0 Å².